The molecule has 4 heterocycles. The number of carbonyl (C=O) groups is 1. The molecule has 2 aliphatic heterocycles. The maximum absolute atomic E-state index is 15.1. The molecular formula is C28H28F2N6O2. The van der Waals surface area contributed by atoms with Crippen LogP contribution in [0.4, 0.5) is 20.3 Å². The molecule has 4 aromatic rings. The van der Waals surface area contributed by atoms with Crippen molar-refractivity contribution in [1.82, 2.24) is 20.1 Å². The first-order chi connectivity index (χ1) is 18.4. The summed E-state index contributed by atoms with van der Waals surface area (Å²) in [4.78, 5) is 29.2. The van der Waals surface area contributed by atoms with Gasteiger partial charge in [-0.2, -0.15) is 4.98 Å². The number of benzene rings is 2. The van der Waals surface area contributed by atoms with Gasteiger partial charge in [-0.3, -0.25) is 4.79 Å². The first kappa shape index (κ1) is 24.4. The van der Waals surface area contributed by atoms with Gasteiger partial charge < -0.3 is 14.3 Å². The second-order valence-corrected chi connectivity index (χ2v) is 10.3. The molecule has 10 heteroatoms. The molecule has 0 saturated carbocycles. The van der Waals surface area contributed by atoms with Crippen molar-refractivity contribution in [2.45, 2.75) is 51.4 Å². The first-order valence-electron chi connectivity index (χ1n) is 13.0. The molecule has 1 amide bonds. The van der Waals surface area contributed by atoms with Crippen molar-refractivity contribution in [3.63, 3.8) is 0 Å². The molecule has 0 unspecified atom stereocenters. The fourth-order valence-electron chi connectivity index (χ4n) is 5.38. The van der Waals surface area contributed by atoms with Crippen LogP contribution in [0.3, 0.4) is 0 Å². The van der Waals surface area contributed by atoms with Gasteiger partial charge in [-0.05, 0) is 49.1 Å². The lowest BCUT2D eigenvalue weighted by Crippen LogP contribution is -2.34. The lowest BCUT2D eigenvalue weighted by atomic mass is 9.95. The van der Waals surface area contributed by atoms with E-state index in [4.69, 9.17) is 4.52 Å². The molecule has 2 saturated heterocycles. The number of fused-ring (bicyclic) bond motifs is 1. The van der Waals surface area contributed by atoms with Gasteiger partial charge in [0.05, 0.1) is 11.2 Å². The molecule has 38 heavy (non-hydrogen) atoms. The van der Waals surface area contributed by atoms with Crippen molar-refractivity contribution in [2.24, 2.45) is 0 Å². The number of anilines is 2. The topological polar surface area (TPSA) is 88.3 Å². The summed E-state index contributed by atoms with van der Waals surface area (Å²) in [6.07, 6.45) is 4.21. The lowest BCUT2D eigenvalue weighted by molar-refractivity contribution is -0.117. The van der Waals surface area contributed by atoms with Gasteiger partial charge in [-0.15, -0.1) is 0 Å². The monoisotopic (exact) mass is 518 g/mol. The zero-order valence-corrected chi connectivity index (χ0v) is 21.3. The van der Waals surface area contributed by atoms with Gasteiger partial charge >= 0.3 is 0 Å². The number of carbonyl (C=O) groups excluding carboxylic acids is 1. The largest absolute Gasteiger partial charge is 0.356 e. The molecule has 8 nitrogen and oxygen atoms in total. The summed E-state index contributed by atoms with van der Waals surface area (Å²) in [6, 6.07) is 7.44. The molecule has 0 atom stereocenters. The highest BCUT2D eigenvalue weighted by Crippen LogP contribution is 2.37. The number of nitrogens with zero attached hydrogens (tertiary/aromatic N) is 6. The van der Waals surface area contributed by atoms with Crippen molar-refractivity contribution in [2.75, 3.05) is 29.4 Å². The average Bonchev–Trinajstić information content (AvgIpc) is 3.58. The molecule has 2 fully saturated rings. The molecule has 0 radical (unpaired) electrons. The number of amides is 1. The summed E-state index contributed by atoms with van der Waals surface area (Å²) < 4.78 is 35.4. The Bertz CT molecular complexity index is 1510. The third-order valence-corrected chi connectivity index (χ3v) is 7.42. The number of rotatable bonds is 5. The van der Waals surface area contributed by atoms with Crippen LogP contribution in [-0.2, 0) is 4.79 Å². The third-order valence-electron chi connectivity index (χ3n) is 7.42. The number of hydrogen-bond donors (Lipinski definition) is 0. The molecule has 0 aliphatic carbocycles. The molecule has 196 valence electrons. The van der Waals surface area contributed by atoms with Crippen LogP contribution in [0.15, 0.2) is 41.2 Å². The standard InChI is InChI=1S/C28H28F2N6O2/c1-16(2)28-33-26(34-38-28)17-7-10-35(11-8-17)27-21-14-19(29)13-20(25(21)31-15-32-27)18-5-6-23(22(30)12-18)36-9-3-4-24(36)37/h5-6,12-17H,3-4,7-11H2,1-2H3. The van der Waals surface area contributed by atoms with E-state index in [0.717, 1.165) is 18.7 Å². The van der Waals surface area contributed by atoms with Crippen LogP contribution < -0.4 is 9.80 Å². The Hall–Kier alpha value is -3.95. The summed E-state index contributed by atoms with van der Waals surface area (Å²) in [5.74, 6) is 1.32. The fourth-order valence-corrected chi connectivity index (χ4v) is 5.38. The highest BCUT2D eigenvalue weighted by Gasteiger charge is 2.28. The van der Waals surface area contributed by atoms with Crippen molar-refractivity contribution in [3.05, 3.63) is 60.0 Å². The van der Waals surface area contributed by atoms with E-state index in [-0.39, 0.29) is 23.4 Å². The van der Waals surface area contributed by atoms with Crippen LogP contribution in [0.5, 0.6) is 0 Å². The van der Waals surface area contributed by atoms with Crippen LogP contribution >= 0.6 is 0 Å². The fraction of sp³-hybridized carbons (Fsp3) is 0.393. The van der Waals surface area contributed by atoms with Crippen LogP contribution in [0, 0.1) is 11.6 Å². The average molecular weight is 519 g/mol. The summed E-state index contributed by atoms with van der Waals surface area (Å²) in [5, 5.41) is 4.75. The van der Waals surface area contributed by atoms with E-state index in [0.29, 0.717) is 66.2 Å². The van der Waals surface area contributed by atoms with Crippen LogP contribution in [-0.4, -0.2) is 45.7 Å². The summed E-state index contributed by atoms with van der Waals surface area (Å²) >= 11 is 0. The van der Waals surface area contributed by atoms with E-state index < -0.39 is 11.6 Å². The number of halogens is 2. The smallest absolute Gasteiger partial charge is 0.229 e. The van der Waals surface area contributed by atoms with E-state index in [2.05, 4.69) is 25.0 Å². The highest BCUT2D eigenvalue weighted by atomic mass is 19.1. The Morgan fingerprint density at radius 2 is 1.87 bits per heavy atom. The number of aromatic nitrogens is 4. The zero-order chi connectivity index (χ0) is 26.4. The Kier molecular flexibility index (Phi) is 6.25. The predicted molar refractivity (Wildman–Crippen MR) is 139 cm³/mol. The summed E-state index contributed by atoms with van der Waals surface area (Å²) in [7, 11) is 0. The van der Waals surface area contributed by atoms with E-state index in [1.54, 1.807) is 12.1 Å². The van der Waals surface area contributed by atoms with E-state index in [9.17, 15) is 9.18 Å². The predicted octanol–water partition coefficient (Wildman–Crippen LogP) is 5.59. The summed E-state index contributed by atoms with van der Waals surface area (Å²) in [5.41, 5.74) is 1.76. The molecule has 0 spiro atoms. The van der Waals surface area contributed by atoms with Crippen molar-refractivity contribution >= 4 is 28.3 Å². The van der Waals surface area contributed by atoms with Gasteiger partial charge in [0, 0.05) is 48.8 Å². The van der Waals surface area contributed by atoms with Gasteiger partial charge in [0.2, 0.25) is 11.8 Å². The Labute approximate surface area is 218 Å². The van der Waals surface area contributed by atoms with Crippen molar-refractivity contribution in [3.8, 4) is 11.1 Å². The second kappa shape index (κ2) is 9.74. The Morgan fingerprint density at radius 3 is 2.55 bits per heavy atom. The second-order valence-electron chi connectivity index (χ2n) is 10.3. The third kappa shape index (κ3) is 4.37. The molecule has 0 N–H and O–H groups in total. The number of hydrogen-bond acceptors (Lipinski definition) is 7. The Balaban J connectivity index is 1.29. The minimum absolute atomic E-state index is 0.0892. The van der Waals surface area contributed by atoms with Gasteiger partial charge in [0.25, 0.3) is 0 Å². The van der Waals surface area contributed by atoms with Crippen molar-refractivity contribution in [1.29, 1.82) is 0 Å². The summed E-state index contributed by atoms with van der Waals surface area (Å²) in [6.45, 7) is 5.93. The maximum atomic E-state index is 15.1. The SMILES string of the molecule is CC(C)c1nc(C2CCN(c3ncnc4c(-c5ccc(N6CCCC6=O)c(F)c5)cc(F)cc34)CC2)no1. The van der Waals surface area contributed by atoms with Crippen LogP contribution in [0.2, 0.25) is 0 Å². The van der Waals surface area contributed by atoms with Crippen LogP contribution in [0.25, 0.3) is 22.0 Å². The van der Waals surface area contributed by atoms with E-state index in [1.807, 2.05) is 13.8 Å². The first-order valence-corrected chi connectivity index (χ1v) is 13.0. The van der Waals surface area contributed by atoms with Crippen molar-refractivity contribution < 1.29 is 18.1 Å². The van der Waals surface area contributed by atoms with E-state index >= 15 is 4.39 Å². The normalized spacial score (nSPS) is 16.8. The molecule has 2 aromatic carbocycles. The van der Waals surface area contributed by atoms with Gasteiger partial charge in [0.15, 0.2) is 5.82 Å². The Morgan fingerprint density at radius 1 is 1.05 bits per heavy atom. The van der Waals surface area contributed by atoms with Gasteiger partial charge in [-0.25, -0.2) is 18.7 Å². The maximum Gasteiger partial charge on any atom is 0.229 e. The van der Waals surface area contributed by atoms with Gasteiger partial charge in [-0.1, -0.05) is 25.1 Å². The van der Waals surface area contributed by atoms with E-state index in [1.165, 1.54) is 29.4 Å². The number of piperidine rings is 1. The van der Waals surface area contributed by atoms with Crippen LogP contribution in [0.1, 0.15) is 63.1 Å². The molecule has 0 bridgehead atoms. The zero-order valence-electron chi connectivity index (χ0n) is 21.3. The quantitative estimate of drug-likeness (QED) is 0.340. The molecular weight excluding hydrogens is 490 g/mol. The van der Waals surface area contributed by atoms with Gasteiger partial charge in [0.1, 0.15) is 23.8 Å². The minimum atomic E-state index is -0.520. The molecule has 2 aliphatic rings. The molecule has 2 aromatic heterocycles. The molecule has 6 rings (SSSR count). The minimum Gasteiger partial charge on any atom is -0.356 e. The highest BCUT2D eigenvalue weighted by molar-refractivity contribution is 6.00. The lowest BCUT2D eigenvalue weighted by Gasteiger charge is -2.32.